The lowest BCUT2D eigenvalue weighted by Crippen LogP contribution is -2.44. The summed E-state index contributed by atoms with van der Waals surface area (Å²) in [5.74, 6) is 1.11. The topological polar surface area (TPSA) is 6.48 Å². The summed E-state index contributed by atoms with van der Waals surface area (Å²) < 4.78 is 0. The van der Waals surface area contributed by atoms with Crippen LogP contribution >= 0.6 is 0 Å². The van der Waals surface area contributed by atoms with E-state index in [1.165, 1.54) is 142 Å². The molecule has 0 heterocycles. The molecule has 0 radical (unpaired) electrons. The van der Waals surface area contributed by atoms with Crippen molar-refractivity contribution in [1.29, 1.82) is 0 Å². The van der Waals surface area contributed by atoms with E-state index in [-0.39, 0.29) is 5.41 Å². The Bertz CT molecular complexity index is 3050. The Hall–Kier alpha value is -6.90. The van der Waals surface area contributed by atoms with Crippen molar-refractivity contribution >= 4 is 55.7 Å². The van der Waals surface area contributed by atoms with E-state index in [1.807, 2.05) is 0 Å². The second kappa shape index (κ2) is 16.9. The van der Waals surface area contributed by atoms with Crippen LogP contribution in [0.25, 0.3) is 43.8 Å². The number of anilines is 6. The van der Waals surface area contributed by atoms with Gasteiger partial charge in [0.05, 0.1) is 11.4 Å². The normalized spacial score (nSPS) is 16.0. The van der Waals surface area contributed by atoms with Gasteiger partial charge in [0.1, 0.15) is 0 Å². The summed E-state index contributed by atoms with van der Waals surface area (Å²) in [4.78, 5) is 5.09. The van der Waals surface area contributed by atoms with Crippen LogP contribution < -0.4 is 9.80 Å². The maximum atomic E-state index is 2.70. The largest absolute Gasteiger partial charge is 0.310 e. The van der Waals surface area contributed by atoms with Crippen LogP contribution in [0.2, 0.25) is 0 Å². The Morgan fingerprint density at radius 3 is 1.46 bits per heavy atom. The number of nitrogens with zero attached hydrogens (tertiary/aromatic N) is 2. The van der Waals surface area contributed by atoms with Crippen molar-refractivity contribution in [2.75, 3.05) is 9.80 Å². The van der Waals surface area contributed by atoms with Gasteiger partial charge >= 0.3 is 0 Å². The van der Waals surface area contributed by atoms with Gasteiger partial charge in [-0.1, -0.05) is 178 Å². The summed E-state index contributed by atoms with van der Waals surface area (Å²) in [6, 6.07) is 77.7. The highest BCUT2D eigenvalue weighted by molar-refractivity contribution is 6.13. The zero-order valence-corrected chi connectivity index (χ0v) is 37.3. The summed E-state index contributed by atoms with van der Waals surface area (Å²) in [5, 5.41) is 5.12. The molecule has 9 aromatic carbocycles. The lowest BCUT2D eigenvalue weighted by atomic mass is 9.54. The maximum absolute atomic E-state index is 2.70. The highest BCUT2D eigenvalue weighted by atomic mass is 15.2. The van der Waals surface area contributed by atoms with Crippen LogP contribution in [-0.4, -0.2) is 0 Å². The molecule has 0 unspecified atom stereocenters. The van der Waals surface area contributed by atoms with E-state index in [2.05, 4.69) is 216 Å². The standard InChI is InChI=1S/C63H56N2/c1-7-22-45(23-8-1)57-43-58-55-41-39-52(65(51-33-17-6-18-34-51)61-37-21-36-54-53-35-20-19-24-46(53)38-40-56(54)61)42-59(55)63(47-25-9-2-10-26-47,48-27-11-3-12-28-48)60(58)44-62(57)64(49-29-13-4-14-30-49)50-31-15-5-16-32-50/h1,4-8,13-24,29-44,47-48H,2-3,9-12,25-28H2. The van der Waals surface area contributed by atoms with Crippen molar-refractivity contribution < 1.29 is 0 Å². The van der Waals surface area contributed by atoms with Crippen LogP contribution in [0.5, 0.6) is 0 Å². The lowest BCUT2D eigenvalue weighted by molar-refractivity contribution is 0.137. The third-order valence-electron chi connectivity index (χ3n) is 15.5. The van der Waals surface area contributed by atoms with E-state index in [1.54, 1.807) is 11.1 Å². The number of rotatable bonds is 9. The molecule has 3 aliphatic carbocycles. The van der Waals surface area contributed by atoms with Crippen LogP contribution in [0.1, 0.15) is 75.3 Å². The number of benzene rings is 9. The van der Waals surface area contributed by atoms with E-state index in [9.17, 15) is 0 Å². The quantitative estimate of drug-likeness (QED) is 0.134. The Kier molecular flexibility index (Phi) is 10.3. The van der Waals surface area contributed by atoms with Crippen LogP contribution in [0, 0.1) is 11.8 Å². The van der Waals surface area contributed by atoms with Gasteiger partial charge in [0, 0.05) is 39.1 Å². The zero-order chi connectivity index (χ0) is 43.2. The van der Waals surface area contributed by atoms with Crippen LogP contribution in [0.3, 0.4) is 0 Å². The SMILES string of the molecule is c1ccc(-c2cc3c(cc2N(c2ccccc2)c2ccccc2)C(C2CCCCC2)(C2CCCCC2)c2cc(N(c4ccccc4)c4cccc5c4ccc4ccccc45)ccc2-3)cc1. The van der Waals surface area contributed by atoms with Crippen molar-refractivity contribution in [3.8, 4) is 22.3 Å². The lowest BCUT2D eigenvalue weighted by Gasteiger charge is -2.49. The molecule has 2 saturated carbocycles. The third-order valence-corrected chi connectivity index (χ3v) is 15.5. The van der Waals surface area contributed by atoms with E-state index in [4.69, 9.17) is 0 Å². The van der Waals surface area contributed by atoms with Gasteiger partial charge in [0.15, 0.2) is 0 Å². The summed E-state index contributed by atoms with van der Waals surface area (Å²) in [6.45, 7) is 0. The molecule has 0 aliphatic heterocycles. The predicted molar refractivity (Wildman–Crippen MR) is 276 cm³/mol. The number of fused-ring (bicyclic) bond motifs is 6. The average molecular weight is 841 g/mol. The smallest absolute Gasteiger partial charge is 0.0543 e. The molecule has 2 heteroatoms. The highest BCUT2D eigenvalue weighted by Crippen LogP contribution is 2.64. The second-order valence-electron chi connectivity index (χ2n) is 18.9. The van der Waals surface area contributed by atoms with E-state index in [0.717, 1.165) is 0 Å². The van der Waals surface area contributed by atoms with Gasteiger partial charge in [-0.25, -0.2) is 0 Å². The minimum absolute atomic E-state index is 0.123. The van der Waals surface area contributed by atoms with Crippen molar-refractivity contribution in [2.24, 2.45) is 11.8 Å². The van der Waals surface area contributed by atoms with Crippen LogP contribution in [-0.2, 0) is 5.41 Å². The first-order chi connectivity index (χ1) is 32.3. The molecule has 0 N–H and O–H groups in total. The first kappa shape index (κ1) is 39.7. The molecule has 0 spiro atoms. The molecule has 0 atom stereocenters. The van der Waals surface area contributed by atoms with Crippen LogP contribution in [0.15, 0.2) is 206 Å². The fourth-order valence-electron chi connectivity index (χ4n) is 12.7. The first-order valence-electron chi connectivity index (χ1n) is 24.3. The van der Waals surface area contributed by atoms with Crippen molar-refractivity contribution in [2.45, 2.75) is 69.6 Å². The van der Waals surface area contributed by atoms with Crippen molar-refractivity contribution in [1.82, 2.24) is 0 Å². The van der Waals surface area contributed by atoms with Gasteiger partial charge in [-0.15, -0.1) is 0 Å². The van der Waals surface area contributed by atoms with Crippen molar-refractivity contribution in [3.63, 3.8) is 0 Å². The zero-order valence-electron chi connectivity index (χ0n) is 37.3. The minimum Gasteiger partial charge on any atom is -0.310 e. The summed E-state index contributed by atoms with van der Waals surface area (Å²) in [6.07, 6.45) is 13.0. The Morgan fingerprint density at radius 1 is 0.323 bits per heavy atom. The molecule has 318 valence electrons. The highest BCUT2D eigenvalue weighted by Gasteiger charge is 2.54. The molecule has 0 amide bonds. The molecule has 0 saturated heterocycles. The summed E-state index contributed by atoms with van der Waals surface area (Å²) in [7, 11) is 0. The van der Waals surface area contributed by atoms with Crippen LogP contribution in [0.4, 0.5) is 34.1 Å². The molecule has 0 aromatic heterocycles. The Labute approximate surface area is 384 Å². The molecular weight excluding hydrogens is 785 g/mol. The van der Waals surface area contributed by atoms with Gasteiger partial charge in [-0.05, 0) is 148 Å². The summed E-state index contributed by atoms with van der Waals surface area (Å²) in [5.41, 5.74) is 15.6. The fourth-order valence-corrected chi connectivity index (χ4v) is 12.7. The van der Waals surface area contributed by atoms with E-state index >= 15 is 0 Å². The molecular formula is C63H56N2. The molecule has 9 aromatic rings. The Balaban J connectivity index is 1.15. The molecule has 12 rings (SSSR count). The first-order valence-corrected chi connectivity index (χ1v) is 24.3. The molecule has 2 fully saturated rings. The van der Waals surface area contributed by atoms with Gasteiger partial charge in [0.2, 0.25) is 0 Å². The molecule has 3 aliphatic rings. The van der Waals surface area contributed by atoms with E-state index in [0.29, 0.717) is 11.8 Å². The average Bonchev–Trinajstić information content (AvgIpc) is 3.67. The Morgan fingerprint density at radius 2 is 0.846 bits per heavy atom. The van der Waals surface area contributed by atoms with Gasteiger partial charge in [-0.2, -0.15) is 0 Å². The minimum atomic E-state index is -0.123. The number of hydrogen-bond donors (Lipinski definition) is 0. The molecule has 0 bridgehead atoms. The van der Waals surface area contributed by atoms with E-state index < -0.39 is 0 Å². The van der Waals surface area contributed by atoms with Crippen molar-refractivity contribution in [3.05, 3.63) is 217 Å². The second-order valence-corrected chi connectivity index (χ2v) is 18.9. The maximum Gasteiger partial charge on any atom is 0.0543 e. The molecule has 2 nitrogen and oxygen atoms in total. The monoisotopic (exact) mass is 840 g/mol. The number of para-hydroxylation sites is 3. The van der Waals surface area contributed by atoms with Gasteiger partial charge in [0.25, 0.3) is 0 Å². The third kappa shape index (κ3) is 6.76. The fraction of sp³-hybridized carbons (Fsp3) is 0.206. The molecule has 65 heavy (non-hydrogen) atoms. The predicted octanol–water partition coefficient (Wildman–Crippen LogP) is 18.0. The summed E-state index contributed by atoms with van der Waals surface area (Å²) >= 11 is 0. The van der Waals surface area contributed by atoms with Gasteiger partial charge < -0.3 is 9.80 Å². The number of hydrogen-bond acceptors (Lipinski definition) is 2. The van der Waals surface area contributed by atoms with Gasteiger partial charge in [-0.3, -0.25) is 0 Å².